The molecule has 0 atom stereocenters. The molecule has 0 aromatic heterocycles. The van der Waals surface area contributed by atoms with Gasteiger partial charge in [-0.1, -0.05) is 6.92 Å². The lowest BCUT2D eigenvalue weighted by atomic mass is 10.2. The number of hydrogen-bond acceptors (Lipinski definition) is 7. The summed E-state index contributed by atoms with van der Waals surface area (Å²) in [7, 11) is 1.31. The molecule has 0 radical (unpaired) electrons. The Morgan fingerprint density at radius 2 is 1.19 bits per heavy atom. The maximum absolute atomic E-state index is 11.2. The minimum absolute atomic E-state index is 0.137. The molecule has 0 spiro atoms. The molecule has 27 heavy (non-hydrogen) atoms. The molecule has 0 bridgehead atoms. The highest BCUT2D eigenvalue weighted by molar-refractivity contribution is 5.89. The maximum Gasteiger partial charge on any atom is 0.338 e. The largest absolute Gasteiger partial charge is 0.508 e. The van der Waals surface area contributed by atoms with Crippen LogP contribution in [0.5, 0.6) is 11.5 Å². The van der Waals surface area contributed by atoms with E-state index < -0.39 is 5.97 Å². The van der Waals surface area contributed by atoms with Crippen molar-refractivity contribution in [3.63, 3.8) is 0 Å². The van der Waals surface area contributed by atoms with Gasteiger partial charge < -0.3 is 24.8 Å². The minimum atomic E-state index is -0.398. The van der Waals surface area contributed by atoms with Gasteiger partial charge in [0.15, 0.2) is 0 Å². The number of methoxy groups -OCH3 is 1. The monoisotopic (exact) mass is 378 g/mol. The molecule has 3 N–H and O–H groups in total. The lowest BCUT2D eigenvalue weighted by molar-refractivity contribution is 0.0504. The van der Waals surface area contributed by atoms with Gasteiger partial charge in [0, 0.05) is 6.61 Å². The van der Waals surface area contributed by atoms with E-state index in [1.54, 1.807) is 6.92 Å². The van der Waals surface area contributed by atoms with Gasteiger partial charge in [-0.05, 0) is 61.9 Å². The quantitative estimate of drug-likeness (QED) is 0.700. The van der Waals surface area contributed by atoms with Crippen molar-refractivity contribution in [2.24, 2.45) is 0 Å². The molecule has 2 aromatic carbocycles. The molecule has 0 aliphatic rings. The first kappa shape index (κ1) is 23.9. The van der Waals surface area contributed by atoms with Crippen LogP contribution >= 0.6 is 0 Å². The van der Waals surface area contributed by atoms with Gasteiger partial charge in [0.2, 0.25) is 0 Å². The lowest BCUT2D eigenvalue weighted by Crippen LogP contribution is -2.05. The van der Waals surface area contributed by atoms with E-state index in [0.29, 0.717) is 17.7 Å². The molecular weight excluding hydrogens is 352 g/mol. The van der Waals surface area contributed by atoms with Crippen molar-refractivity contribution >= 4 is 11.9 Å². The van der Waals surface area contributed by atoms with Crippen LogP contribution in [0.1, 0.15) is 41.0 Å². The Bertz CT molecular complexity index is 664. The molecule has 148 valence electrons. The van der Waals surface area contributed by atoms with Crippen molar-refractivity contribution in [2.45, 2.75) is 20.3 Å². The average molecular weight is 378 g/mol. The summed E-state index contributed by atoms with van der Waals surface area (Å²) < 4.78 is 9.35. The van der Waals surface area contributed by atoms with E-state index >= 15 is 0 Å². The number of carbonyl (C=O) groups is 2. The Hall–Kier alpha value is -3.06. The normalized spacial score (nSPS) is 9.04. The fourth-order valence-electron chi connectivity index (χ4n) is 1.59. The molecule has 0 aliphatic carbocycles. The van der Waals surface area contributed by atoms with E-state index in [4.69, 9.17) is 20.1 Å². The first-order chi connectivity index (χ1) is 12.9. The molecule has 2 rings (SSSR count). The lowest BCUT2D eigenvalue weighted by Gasteiger charge is -2.02. The van der Waals surface area contributed by atoms with Gasteiger partial charge in [-0.15, -0.1) is 0 Å². The van der Waals surface area contributed by atoms with Crippen LogP contribution in [-0.2, 0) is 9.47 Å². The molecule has 0 saturated carbocycles. The SMILES string of the molecule is CCCOC(=O)c1ccc(O)cc1.CCO.COC(=O)c1ccc(O)cc1. The molecule has 7 nitrogen and oxygen atoms in total. The van der Waals surface area contributed by atoms with E-state index in [1.165, 1.54) is 55.6 Å². The van der Waals surface area contributed by atoms with E-state index in [-0.39, 0.29) is 24.1 Å². The smallest absolute Gasteiger partial charge is 0.338 e. The van der Waals surface area contributed by atoms with Gasteiger partial charge in [-0.25, -0.2) is 9.59 Å². The predicted octanol–water partition coefficient (Wildman–Crippen LogP) is 3.14. The number of benzene rings is 2. The molecule has 2 aromatic rings. The van der Waals surface area contributed by atoms with Gasteiger partial charge in [0.05, 0.1) is 24.8 Å². The highest BCUT2D eigenvalue weighted by Gasteiger charge is 2.05. The highest BCUT2D eigenvalue weighted by atomic mass is 16.5. The van der Waals surface area contributed by atoms with Crippen LogP contribution in [0.4, 0.5) is 0 Å². The summed E-state index contributed by atoms with van der Waals surface area (Å²) in [5, 5.41) is 25.4. The molecule has 0 heterocycles. The third kappa shape index (κ3) is 10.5. The van der Waals surface area contributed by atoms with E-state index in [0.717, 1.165) is 6.42 Å². The summed E-state index contributed by atoms with van der Waals surface area (Å²) in [6.45, 7) is 4.30. The number of phenolic OH excluding ortho intramolecular Hbond substituents is 2. The van der Waals surface area contributed by atoms with E-state index in [2.05, 4.69) is 4.74 Å². The molecule has 0 unspecified atom stereocenters. The minimum Gasteiger partial charge on any atom is -0.508 e. The maximum atomic E-state index is 11.2. The van der Waals surface area contributed by atoms with Crippen LogP contribution in [0.2, 0.25) is 0 Å². The Morgan fingerprint density at radius 3 is 1.52 bits per heavy atom. The fourth-order valence-corrected chi connectivity index (χ4v) is 1.59. The van der Waals surface area contributed by atoms with Crippen LogP contribution in [0.15, 0.2) is 48.5 Å². The first-order valence-electron chi connectivity index (χ1n) is 8.33. The van der Waals surface area contributed by atoms with Crippen LogP contribution in [-0.4, -0.2) is 47.6 Å². The third-order valence-electron chi connectivity index (χ3n) is 2.83. The van der Waals surface area contributed by atoms with Crippen molar-refractivity contribution in [3.8, 4) is 11.5 Å². The van der Waals surface area contributed by atoms with Crippen molar-refractivity contribution in [1.29, 1.82) is 0 Å². The Morgan fingerprint density at radius 1 is 0.815 bits per heavy atom. The number of aromatic hydroxyl groups is 2. The number of ether oxygens (including phenoxy) is 2. The van der Waals surface area contributed by atoms with Gasteiger partial charge in [0.1, 0.15) is 11.5 Å². The van der Waals surface area contributed by atoms with E-state index in [9.17, 15) is 9.59 Å². The molecule has 0 saturated heterocycles. The number of aliphatic hydroxyl groups excluding tert-OH is 1. The van der Waals surface area contributed by atoms with Crippen LogP contribution in [0, 0.1) is 0 Å². The number of rotatable bonds is 4. The zero-order chi connectivity index (χ0) is 20.7. The molecule has 0 amide bonds. The van der Waals surface area contributed by atoms with Gasteiger partial charge in [-0.2, -0.15) is 0 Å². The Kier molecular flexibility index (Phi) is 12.5. The van der Waals surface area contributed by atoms with Gasteiger partial charge >= 0.3 is 11.9 Å². The number of hydrogen-bond donors (Lipinski definition) is 3. The van der Waals surface area contributed by atoms with E-state index in [1.807, 2.05) is 6.92 Å². The summed E-state index contributed by atoms with van der Waals surface area (Å²) in [6.07, 6.45) is 0.809. The van der Waals surface area contributed by atoms with Gasteiger partial charge in [-0.3, -0.25) is 0 Å². The fraction of sp³-hybridized carbons (Fsp3) is 0.300. The zero-order valence-electron chi connectivity index (χ0n) is 15.7. The van der Waals surface area contributed by atoms with Crippen LogP contribution < -0.4 is 0 Å². The van der Waals surface area contributed by atoms with Crippen molar-refractivity contribution < 1.29 is 34.4 Å². The van der Waals surface area contributed by atoms with Gasteiger partial charge in [0.25, 0.3) is 0 Å². The number of esters is 2. The molecular formula is C20H26O7. The summed E-state index contributed by atoms with van der Waals surface area (Å²) >= 11 is 0. The summed E-state index contributed by atoms with van der Waals surface area (Å²) in [5.74, 6) is -0.462. The van der Waals surface area contributed by atoms with Crippen molar-refractivity contribution in [1.82, 2.24) is 0 Å². The Labute approximate surface area is 158 Å². The predicted molar refractivity (Wildman–Crippen MR) is 101 cm³/mol. The Balaban J connectivity index is 0.000000442. The second-order valence-corrected chi connectivity index (χ2v) is 5.04. The van der Waals surface area contributed by atoms with Crippen LogP contribution in [0.25, 0.3) is 0 Å². The first-order valence-corrected chi connectivity index (χ1v) is 8.33. The molecule has 7 heteroatoms. The standard InChI is InChI=1S/C10H12O3.C8H8O3.C2H6O/c1-2-7-13-10(12)8-3-5-9(11)6-4-8;1-11-8(10)6-2-4-7(9)5-3-6;1-2-3/h3-6,11H,2,7H2,1H3;2-5,9H,1H3;3H,2H2,1H3. The second-order valence-electron chi connectivity index (χ2n) is 5.04. The van der Waals surface area contributed by atoms with Crippen LogP contribution in [0.3, 0.4) is 0 Å². The van der Waals surface area contributed by atoms with Crippen molar-refractivity contribution in [3.05, 3.63) is 59.7 Å². The summed E-state index contributed by atoms with van der Waals surface area (Å²) in [4.78, 5) is 22.0. The number of carbonyl (C=O) groups excluding carboxylic acids is 2. The van der Waals surface area contributed by atoms with Crippen molar-refractivity contribution in [2.75, 3.05) is 20.3 Å². The summed E-state index contributed by atoms with van der Waals surface area (Å²) in [6, 6.07) is 11.9. The average Bonchev–Trinajstić information content (AvgIpc) is 2.68. The highest BCUT2D eigenvalue weighted by Crippen LogP contribution is 2.11. The number of phenols is 2. The zero-order valence-corrected chi connectivity index (χ0v) is 15.7. The third-order valence-corrected chi connectivity index (χ3v) is 2.83. The number of aliphatic hydroxyl groups is 1. The second kappa shape index (κ2) is 14.1. The topological polar surface area (TPSA) is 113 Å². The summed E-state index contributed by atoms with van der Waals surface area (Å²) in [5.41, 5.74) is 0.900. The molecule has 0 aliphatic heterocycles. The molecule has 0 fully saturated rings.